The van der Waals surface area contributed by atoms with E-state index < -0.39 is 0 Å². The molecule has 0 spiro atoms. The third-order valence-corrected chi connectivity index (χ3v) is 7.09. The number of rotatable bonds is 6. The van der Waals surface area contributed by atoms with Gasteiger partial charge in [-0.15, -0.1) is 11.3 Å². The number of likely N-dealkylation sites (tertiary alicyclic amines) is 1. The molecule has 2 amide bonds. The third-order valence-electron chi connectivity index (χ3n) is 5.35. The summed E-state index contributed by atoms with van der Waals surface area (Å²) in [6, 6.07) is 6.07. The Morgan fingerprint density at radius 3 is 2.86 bits per heavy atom. The zero-order valence-corrected chi connectivity index (χ0v) is 18.0. The van der Waals surface area contributed by atoms with Crippen molar-refractivity contribution in [3.8, 4) is 10.6 Å². The van der Waals surface area contributed by atoms with Gasteiger partial charge in [-0.05, 0) is 36.8 Å². The average Bonchev–Trinajstić information content (AvgIpc) is 3.42. The van der Waals surface area contributed by atoms with E-state index in [2.05, 4.69) is 9.97 Å². The van der Waals surface area contributed by atoms with Gasteiger partial charge in [0, 0.05) is 25.3 Å². The molecule has 154 valence electrons. The highest BCUT2D eigenvalue weighted by Crippen LogP contribution is 2.26. The largest absolute Gasteiger partial charge is 0.444 e. The van der Waals surface area contributed by atoms with Gasteiger partial charge >= 0.3 is 6.09 Å². The molecule has 9 heteroatoms. The lowest BCUT2D eigenvalue weighted by atomic mass is 10.0. The van der Waals surface area contributed by atoms with Crippen LogP contribution in [0.25, 0.3) is 10.6 Å². The van der Waals surface area contributed by atoms with Gasteiger partial charge in [-0.2, -0.15) is 0 Å². The van der Waals surface area contributed by atoms with Gasteiger partial charge in [0.1, 0.15) is 6.10 Å². The number of carbonyl (C=O) groups excluding carboxylic acids is 2. The first-order valence-electron chi connectivity index (χ1n) is 9.88. The highest BCUT2D eigenvalue weighted by Gasteiger charge is 2.37. The molecular weight excluding hydrogens is 408 g/mol. The second-order valence-electron chi connectivity index (χ2n) is 7.17. The SMILES string of the molecule is CCC1CN(C2CCN(C(=O)CSc3nccc(-c4cccs4)n3)CC2)C(=O)O1. The molecule has 2 aliphatic heterocycles. The van der Waals surface area contributed by atoms with Gasteiger partial charge < -0.3 is 14.5 Å². The Hall–Kier alpha value is -2.13. The minimum Gasteiger partial charge on any atom is -0.444 e. The number of nitrogens with zero attached hydrogens (tertiary/aromatic N) is 4. The second kappa shape index (κ2) is 9.13. The molecule has 0 N–H and O–H groups in total. The van der Waals surface area contributed by atoms with Crippen molar-refractivity contribution in [2.45, 2.75) is 43.5 Å². The summed E-state index contributed by atoms with van der Waals surface area (Å²) >= 11 is 3.00. The van der Waals surface area contributed by atoms with Crippen LogP contribution >= 0.6 is 23.1 Å². The van der Waals surface area contributed by atoms with E-state index in [1.54, 1.807) is 17.5 Å². The normalized spacial score (nSPS) is 20.2. The van der Waals surface area contributed by atoms with Crippen LogP contribution in [0.15, 0.2) is 34.9 Å². The van der Waals surface area contributed by atoms with Crippen molar-refractivity contribution in [2.24, 2.45) is 0 Å². The van der Waals surface area contributed by atoms with E-state index in [0.717, 1.165) is 29.8 Å². The minimum absolute atomic E-state index is 0.00324. The summed E-state index contributed by atoms with van der Waals surface area (Å²) in [6.45, 7) is 4.03. The summed E-state index contributed by atoms with van der Waals surface area (Å²) in [7, 11) is 0. The van der Waals surface area contributed by atoms with E-state index in [1.807, 2.05) is 40.3 Å². The number of aromatic nitrogens is 2. The molecule has 0 radical (unpaired) electrons. The lowest BCUT2D eigenvalue weighted by Gasteiger charge is -2.35. The first-order valence-corrected chi connectivity index (χ1v) is 11.8. The van der Waals surface area contributed by atoms with E-state index in [0.29, 0.717) is 30.5 Å². The van der Waals surface area contributed by atoms with Crippen molar-refractivity contribution in [3.05, 3.63) is 29.8 Å². The maximum Gasteiger partial charge on any atom is 0.410 e. The standard InChI is InChI=1S/C20H24N4O3S2/c1-2-15-12-24(20(26)27-15)14-6-9-23(10-7-14)18(25)13-29-19-21-8-5-16(22-19)17-4-3-11-28-17/h3-5,8,11,14-15H,2,6-7,9-10,12-13H2,1H3. The molecule has 2 fully saturated rings. The van der Waals surface area contributed by atoms with Crippen LogP contribution in [0.2, 0.25) is 0 Å². The van der Waals surface area contributed by atoms with Gasteiger partial charge in [-0.25, -0.2) is 14.8 Å². The van der Waals surface area contributed by atoms with Crippen molar-refractivity contribution in [2.75, 3.05) is 25.4 Å². The number of amides is 2. The number of hydrogen-bond acceptors (Lipinski definition) is 7. The maximum atomic E-state index is 12.6. The topological polar surface area (TPSA) is 75.6 Å². The number of piperidine rings is 1. The summed E-state index contributed by atoms with van der Waals surface area (Å²) in [5.41, 5.74) is 0.883. The first kappa shape index (κ1) is 20.2. The van der Waals surface area contributed by atoms with Crippen LogP contribution < -0.4 is 0 Å². The van der Waals surface area contributed by atoms with E-state index in [4.69, 9.17) is 4.74 Å². The first-order chi connectivity index (χ1) is 14.1. The van der Waals surface area contributed by atoms with Crippen LogP contribution in [0.3, 0.4) is 0 Å². The van der Waals surface area contributed by atoms with Crippen LogP contribution in [0, 0.1) is 0 Å². The summed E-state index contributed by atoms with van der Waals surface area (Å²) in [5, 5.41) is 2.63. The quantitative estimate of drug-likeness (QED) is 0.514. The van der Waals surface area contributed by atoms with Gasteiger partial charge in [0.2, 0.25) is 5.91 Å². The van der Waals surface area contributed by atoms with Gasteiger partial charge in [0.15, 0.2) is 5.16 Å². The Bertz CT molecular complexity index is 853. The summed E-state index contributed by atoms with van der Waals surface area (Å²) in [5.74, 6) is 0.413. The molecule has 7 nitrogen and oxygen atoms in total. The predicted octanol–water partition coefficient (Wildman–Crippen LogP) is 3.52. The highest BCUT2D eigenvalue weighted by molar-refractivity contribution is 7.99. The number of cyclic esters (lactones) is 1. The molecule has 0 aliphatic carbocycles. The Balaban J connectivity index is 1.26. The van der Waals surface area contributed by atoms with Crippen molar-refractivity contribution in [3.63, 3.8) is 0 Å². The van der Waals surface area contributed by atoms with Crippen molar-refractivity contribution >= 4 is 35.1 Å². The Labute approximate surface area is 178 Å². The highest BCUT2D eigenvalue weighted by atomic mass is 32.2. The van der Waals surface area contributed by atoms with E-state index in [1.165, 1.54) is 11.8 Å². The van der Waals surface area contributed by atoms with Gasteiger partial charge in [0.05, 0.1) is 22.9 Å². The molecule has 1 unspecified atom stereocenters. The van der Waals surface area contributed by atoms with Crippen LogP contribution in [-0.4, -0.2) is 69.3 Å². The zero-order valence-electron chi connectivity index (χ0n) is 16.3. The molecule has 1 atom stereocenters. The maximum absolute atomic E-state index is 12.6. The molecule has 0 saturated carbocycles. The Kier molecular flexibility index (Phi) is 6.34. The van der Waals surface area contributed by atoms with Crippen LogP contribution in [0.1, 0.15) is 26.2 Å². The molecule has 4 heterocycles. The number of ether oxygens (including phenoxy) is 1. The Morgan fingerprint density at radius 2 is 2.17 bits per heavy atom. The van der Waals surface area contributed by atoms with Crippen LogP contribution in [0.4, 0.5) is 4.79 Å². The number of thiophene rings is 1. The van der Waals surface area contributed by atoms with Gasteiger partial charge in [-0.1, -0.05) is 24.8 Å². The third kappa shape index (κ3) is 4.72. The number of carbonyl (C=O) groups is 2. The second-order valence-corrected chi connectivity index (χ2v) is 9.06. The van der Waals surface area contributed by atoms with Crippen LogP contribution in [0.5, 0.6) is 0 Å². The lowest BCUT2D eigenvalue weighted by Crippen LogP contribution is -2.47. The summed E-state index contributed by atoms with van der Waals surface area (Å²) in [4.78, 5) is 38.3. The Morgan fingerprint density at radius 1 is 1.34 bits per heavy atom. The molecule has 2 aromatic heterocycles. The average molecular weight is 433 g/mol. The molecule has 4 rings (SSSR count). The molecule has 2 saturated heterocycles. The van der Waals surface area contributed by atoms with Crippen molar-refractivity contribution in [1.82, 2.24) is 19.8 Å². The number of hydrogen-bond donors (Lipinski definition) is 0. The van der Waals surface area contributed by atoms with E-state index >= 15 is 0 Å². The molecule has 0 bridgehead atoms. The smallest absolute Gasteiger partial charge is 0.410 e. The molecule has 2 aromatic rings. The molecule has 29 heavy (non-hydrogen) atoms. The fourth-order valence-electron chi connectivity index (χ4n) is 3.67. The summed E-state index contributed by atoms with van der Waals surface area (Å²) in [6.07, 6.45) is 3.97. The van der Waals surface area contributed by atoms with E-state index in [-0.39, 0.29) is 24.1 Å². The fourth-order valence-corrected chi connectivity index (χ4v) is 5.10. The van der Waals surface area contributed by atoms with Crippen molar-refractivity contribution < 1.29 is 14.3 Å². The lowest BCUT2D eigenvalue weighted by molar-refractivity contribution is -0.129. The van der Waals surface area contributed by atoms with Crippen molar-refractivity contribution in [1.29, 1.82) is 0 Å². The number of thioether (sulfide) groups is 1. The van der Waals surface area contributed by atoms with Gasteiger partial charge in [-0.3, -0.25) is 4.79 Å². The molecular formula is C20H24N4O3S2. The van der Waals surface area contributed by atoms with Gasteiger partial charge in [0.25, 0.3) is 0 Å². The minimum atomic E-state index is -0.208. The van der Waals surface area contributed by atoms with E-state index in [9.17, 15) is 9.59 Å². The fraction of sp³-hybridized carbons (Fsp3) is 0.500. The monoisotopic (exact) mass is 432 g/mol. The molecule has 0 aromatic carbocycles. The zero-order chi connectivity index (χ0) is 20.2. The predicted molar refractivity (Wildman–Crippen MR) is 113 cm³/mol. The molecule has 2 aliphatic rings. The summed E-state index contributed by atoms with van der Waals surface area (Å²) < 4.78 is 5.36. The van der Waals surface area contributed by atoms with Crippen LogP contribution in [-0.2, 0) is 9.53 Å².